The molecule has 0 saturated carbocycles. The Hall–Kier alpha value is -3.16. The van der Waals surface area contributed by atoms with Crippen LogP contribution in [-0.4, -0.2) is 22.4 Å². The zero-order valence-corrected chi connectivity index (χ0v) is 19.9. The highest BCUT2D eigenvalue weighted by molar-refractivity contribution is 9.10. The van der Waals surface area contributed by atoms with E-state index in [1.54, 1.807) is 24.3 Å². The molecule has 3 aromatic rings. The van der Waals surface area contributed by atoms with E-state index in [0.29, 0.717) is 16.3 Å². The molecular weight excluding hydrogens is 494 g/mol. The lowest BCUT2D eigenvalue weighted by Gasteiger charge is -2.26. The predicted octanol–water partition coefficient (Wildman–Crippen LogP) is 5.48. The Balaban J connectivity index is 1.77. The number of imide groups is 2. The SMILES string of the molecule is Cc1cc(N2C(=O)NC(=O)/C(=C\c3cc(C)n(-c4cccc(Cl)c4)c3C)C2=O)ccc1Br. The lowest BCUT2D eigenvalue weighted by molar-refractivity contribution is -0.122. The van der Waals surface area contributed by atoms with E-state index in [0.717, 1.165) is 32.0 Å². The molecule has 1 saturated heterocycles. The fourth-order valence-corrected chi connectivity index (χ4v) is 4.19. The summed E-state index contributed by atoms with van der Waals surface area (Å²) in [5.74, 6) is -1.40. The van der Waals surface area contributed by atoms with Crippen molar-refractivity contribution in [2.75, 3.05) is 4.90 Å². The molecule has 8 heteroatoms. The summed E-state index contributed by atoms with van der Waals surface area (Å²) >= 11 is 9.56. The lowest BCUT2D eigenvalue weighted by Crippen LogP contribution is -2.54. The number of carbonyl (C=O) groups is 3. The van der Waals surface area contributed by atoms with Gasteiger partial charge in [0, 0.05) is 26.6 Å². The molecular formula is C24H19BrClN3O3. The molecule has 0 radical (unpaired) electrons. The number of hydrogen-bond donors (Lipinski definition) is 1. The van der Waals surface area contributed by atoms with E-state index in [-0.39, 0.29) is 5.57 Å². The van der Waals surface area contributed by atoms with E-state index in [9.17, 15) is 14.4 Å². The van der Waals surface area contributed by atoms with E-state index in [1.165, 1.54) is 6.08 Å². The summed E-state index contributed by atoms with van der Waals surface area (Å²) in [6.07, 6.45) is 1.52. The summed E-state index contributed by atoms with van der Waals surface area (Å²) in [6, 6.07) is 13.6. The number of nitrogens with one attached hydrogen (secondary N) is 1. The van der Waals surface area contributed by atoms with E-state index < -0.39 is 17.8 Å². The van der Waals surface area contributed by atoms with Crippen LogP contribution in [0, 0.1) is 20.8 Å². The molecule has 1 aliphatic rings. The van der Waals surface area contributed by atoms with Crippen LogP contribution in [0.25, 0.3) is 11.8 Å². The van der Waals surface area contributed by atoms with Crippen molar-refractivity contribution in [3.05, 3.63) is 86.1 Å². The topological polar surface area (TPSA) is 71.4 Å². The fourth-order valence-electron chi connectivity index (χ4n) is 3.76. The van der Waals surface area contributed by atoms with Gasteiger partial charge in [-0.05, 0) is 80.4 Å². The fraction of sp³-hybridized carbons (Fsp3) is 0.125. The maximum absolute atomic E-state index is 13.2. The molecule has 32 heavy (non-hydrogen) atoms. The summed E-state index contributed by atoms with van der Waals surface area (Å²) in [4.78, 5) is 39.2. The van der Waals surface area contributed by atoms with Gasteiger partial charge in [0.1, 0.15) is 5.57 Å². The Bertz CT molecular complexity index is 1330. The monoisotopic (exact) mass is 511 g/mol. The highest BCUT2D eigenvalue weighted by Crippen LogP contribution is 2.28. The van der Waals surface area contributed by atoms with Gasteiger partial charge in [-0.15, -0.1) is 0 Å². The first kappa shape index (κ1) is 22.0. The second-order valence-electron chi connectivity index (χ2n) is 7.53. The predicted molar refractivity (Wildman–Crippen MR) is 128 cm³/mol. The largest absolute Gasteiger partial charge is 0.335 e. The molecule has 0 unspecified atom stereocenters. The van der Waals surface area contributed by atoms with Gasteiger partial charge in [0.2, 0.25) is 0 Å². The highest BCUT2D eigenvalue weighted by Gasteiger charge is 2.37. The van der Waals surface area contributed by atoms with E-state index in [4.69, 9.17) is 11.6 Å². The minimum atomic E-state index is -0.775. The Morgan fingerprint density at radius 2 is 1.72 bits per heavy atom. The number of aromatic nitrogens is 1. The molecule has 4 rings (SSSR count). The number of benzene rings is 2. The first-order valence-corrected chi connectivity index (χ1v) is 11.0. The van der Waals surface area contributed by atoms with Crippen molar-refractivity contribution in [1.29, 1.82) is 0 Å². The number of rotatable bonds is 3. The maximum Gasteiger partial charge on any atom is 0.335 e. The average Bonchev–Trinajstić information content (AvgIpc) is 3.00. The summed E-state index contributed by atoms with van der Waals surface area (Å²) in [5, 5.41) is 2.87. The van der Waals surface area contributed by atoms with Crippen LogP contribution < -0.4 is 10.2 Å². The molecule has 0 bridgehead atoms. The Morgan fingerprint density at radius 3 is 2.41 bits per heavy atom. The molecule has 0 atom stereocenters. The molecule has 162 valence electrons. The number of amides is 4. The molecule has 1 N–H and O–H groups in total. The third kappa shape index (κ3) is 3.89. The van der Waals surface area contributed by atoms with Gasteiger partial charge in [-0.2, -0.15) is 0 Å². The second-order valence-corrected chi connectivity index (χ2v) is 8.82. The van der Waals surface area contributed by atoms with Gasteiger partial charge >= 0.3 is 6.03 Å². The third-order valence-corrected chi connectivity index (χ3v) is 6.46. The summed E-state index contributed by atoms with van der Waals surface area (Å²) in [6.45, 7) is 5.68. The summed E-state index contributed by atoms with van der Waals surface area (Å²) < 4.78 is 2.84. The molecule has 1 fully saturated rings. The third-order valence-electron chi connectivity index (χ3n) is 5.34. The molecule has 1 aliphatic heterocycles. The van der Waals surface area contributed by atoms with Gasteiger partial charge < -0.3 is 4.57 Å². The van der Waals surface area contributed by atoms with Crippen molar-refractivity contribution in [2.24, 2.45) is 0 Å². The first-order chi connectivity index (χ1) is 15.2. The smallest absolute Gasteiger partial charge is 0.318 e. The number of nitrogens with zero attached hydrogens (tertiary/aromatic N) is 2. The zero-order chi connectivity index (χ0) is 23.2. The minimum absolute atomic E-state index is 0.114. The van der Waals surface area contributed by atoms with Gasteiger partial charge in [0.25, 0.3) is 11.8 Å². The van der Waals surface area contributed by atoms with Crippen molar-refractivity contribution in [2.45, 2.75) is 20.8 Å². The van der Waals surface area contributed by atoms with Gasteiger partial charge in [-0.3, -0.25) is 14.9 Å². The summed E-state index contributed by atoms with van der Waals surface area (Å²) in [5.41, 5.74) is 4.45. The molecule has 4 amide bonds. The Morgan fingerprint density at radius 1 is 0.969 bits per heavy atom. The van der Waals surface area contributed by atoms with Crippen LogP contribution in [0.4, 0.5) is 10.5 Å². The van der Waals surface area contributed by atoms with Gasteiger partial charge in [0.15, 0.2) is 0 Å². The quantitative estimate of drug-likeness (QED) is 0.373. The molecule has 2 heterocycles. The number of anilines is 1. The van der Waals surface area contributed by atoms with Crippen LogP contribution in [0.15, 0.2) is 58.6 Å². The van der Waals surface area contributed by atoms with Crippen LogP contribution >= 0.6 is 27.5 Å². The number of barbiturate groups is 1. The second kappa shape index (κ2) is 8.41. The van der Waals surface area contributed by atoms with E-state index >= 15 is 0 Å². The average molecular weight is 513 g/mol. The number of carbonyl (C=O) groups excluding carboxylic acids is 3. The molecule has 0 aliphatic carbocycles. The van der Waals surface area contributed by atoms with Crippen LogP contribution in [0.5, 0.6) is 0 Å². The highest BCUT2D eigenvalue weighted by atomic mass is 79.9. The Labute approximate surface area is 198 Å². The van der Waals surface area contributed by atoms with Crippen molar-refractivity contribution >= 4 is 57.1 Å². The van der Waals surface area contributed by atoms with Crippen molar-refractivity contribution in [3.63, 3.8) is 0 Å². The van der Waals surface area contributed by atoms with Crippen LogP contribution in [0.2, 0.25) is 5.02 Å². The van der Waals surface area contributed by atoms with Crippen LogP contribution in [-0.2, 0) is 9.59 Å². The van der Waals surface area contributed by atoms with Crippen LogP contribution in [0.1, 0.15) is 22.5 Å². The van der Waals surface area contributed by atoms with E-state index in [1.807, 2.05) is 49.6 Å². The molecule has 6 nitrogen and oxygen atoms in total. The molecule has 1 aromatic heterocycles. The van der Waals surface area contributed by atoms with Crippen LogP contribution in [0.3, 0.4) is 0 Å². The molecule has 0 spiro atoms. The number of urea groups is 1. The first-order valence-electron chi connectivity index (χ1n) is 9.80. The minimum Gasteiger partial charge on any atom is -0.318 e. The van der Waals surface area contributed by atoms with E-state index in [2.05, 4.69) is 21.2 Å². The lowest BCUT2D eigenvalue weighted by atomic mass is 10.1. The number of halogens is 2. The van der Waals surface area contributed by atoms with Crippen molar-refractivity contribution < 1.29 is 14.4 Å². The zero-order valence-electron chi connectivity index (χ0n) is 17.6. The maximum atomic E-state index is 13.2. The summed E-state index contributed by atoms with van der Waals surface area (Å²) in [7, 11) is 0. The van der Waals surface area contributed by atoms with Gasteiger partial charge in [-0.25, -0.2) is 9.69 Å². The number of aryl methyl sites for hydroxylation is 2. The van der Waals surface area contributed by atoms with Crippen molar-refractivity contribution in [3.8, 4) is 5.69 Å². The van der Waals surface area contributed by atoms with Gasteiger partial charge in [-0.1, -0.05) is 33.6 Å². The standard InChI is InChI=1S/C24H19BrClN3O3/c1-13-9-19(7-8-21(13)25)29-23(31)20(22(30)27-24(29)32)11-16-10-14(2)28(15(16)3)18-6-4-5-17(26)12-18/h4-12H,1-3H3,(H,27,30,32)/b20-11+. The normalized spacial score (nSPS) is 15.5. The van der Waals surface area contributed by atoms with Gasteiger partial charge in [0.05, 0.1) is 5.69 Å². The molecule has 2 aromatic carbocycles. The number of hydrogen-bond acceptors (Lipinski definition) is 3. The Kier molecular flexibility index (Phi) is 5.79. The van der Waals surface area contributed by atoms with Crippen molar-refractivity contribution in [1.82, 2.24) is 9.88 Å².